The standard InChI is InChI=1S/C15H17N3O3/c1-9(2)12-8-13(18-17-12)15(21)16-11-6-4-3-5-10(11)7-14(19)20/h3-6,8-9H,7H2,1-2H3,(H,16,21)(H,17,18)(H,19,20). The van der Waals surface area contributed by atoms with Gasteiger partial charge in [0, 0.05) is 11.4 Å². The smallest absolute Gasteiger partial charge is 0.307 e. The zero-order valence-corrected chi connectivity index (χ0v) is 11.9. The van der Waals surface area contributed by atoms with Gasteiger partial charge in [0.15, 0.2) is 5.69 Å². The Bertz CT molecular complexity index is 662. The Morgan fingerprint density at radius 1 is 1.33 bits per heavy atom. The molecule has 0 radical (unpaired) electrons. The molecule has 0 fully saturated rings. The van der Waals surface area contributed by atoms with Crippen molar-refractivity contribution in [1.29, 1.82) is 0 Å². The Kier molecular flexibility index (Phi) is 4.37. The highest BCUT2D eigenvalue weighted by Crippen LogP contribution is 2.18. The predicted octanol–water partition coefficient (Wildman–Crippen LogP) is 2.41. The number of carbonyl (C=O) groups is 2. The number of aromatic amines is 1. The average molecular weight is 287 g/mol. The van der Waals surface area contributed by atoms with E-state index in [1.807, 2.05) is 13.8 Å². The van der Waals surface area contributed by atoms with Crippen LogP contribution in [0.1, 0.15) is 41.5 Å². The topological polar surface area (TPSA) is 95.1 Å². The first-order valence-corrected chi connectivity index (χ1v) is 6.63. The van der Waals surface area contributed by atoms with E-state index in [9.17, 15) is 9.59 Å². The molecule has 1 aromatic heterocycles. The third-order valence-electron chi connectivity index (χ3n) is 3.06. The molecular formula is C15H17N3O3. The molecule has 3 N–H and O–H groups in total. The number of anilines is 1. The first kappa shape index (κ1) is 14.8. The number of carboxylic acids is 1. The number of nitrogens with one attached hydrogen (secondary N) is 2. The van der Waals surface area contributed by atoms with Crippen LogP contribution < -0.4 is 5.32 Å². The molecule has 110 valence electrons. The first-order valence-electron chi connectivity index (χ1n) is 6.63. The van der Waals surface area contributed by atoms with E-state index >= 15 is 0 Å². The summed E-state index contributed by atoms with van der Waals surface area (Å²) in [7, 11) is 0. The number of aromatic nitrogens is 2. The van der Waals surface area contributed by atoms with Crippen LogP contribution in [0.5, 0.6) is 0 Å². The average Bonchev–Trinajstić information content (AvgIpc) is 2.90. The lowest BCUT2D eigenvalue weighted by Gasteiger charge is -2.08. The van der Waals surface area contributed by atoms with Gasteiger partial charge in [-0.3, -0.25) is 14.7 Å². The van der Waals surface area contributed by atoms with Gasteiger partial charge >= 0.3 is 5.97 Å². The summed E-state index contributed by atoms with van der Waals surface area (Å²) in [6, 6.07) is 8.52. The van der Waals surface area contributed by atoms with Crippen LogP contribution in [0.15, 0.2) is 30.3 Å². The molecule has 0 bridgehead atoms. The lowest BCUT2D eigenvalue weighted by Crippen LogP contribution is -2.14. The summed E-state index contributed by atoms with van der Waals surface area (Å²) < 4.78 is 0. The fourth-order valence-corrected chi connectivity index (χ4v) is 1.89. The van der Waals surface area contributed by atoms with Crippen molar-refractivity contribution in [3.05, 3.63) is 47.3 Å². The molecule has 0 aliphatic heterocycles. The van der Waals surface area contributed by atoms with Crippen LogP contribution in [0, 0.1) is 0 Å². The minimum atomic E-state index is -0.946. The van der Waals surface area contributed by atoms with E-state index < -0.39 is 5.97 Å². The molecule has 6 heteroatoms. The number of hydrogen-bond acceptors (Lipinski definition) is 3. The molecular weight excluding hydrogens is 270 g/mol. The fraction of sp³-hybridized carbons (Fsp3) is 0.267. The van der Waals surface area contributed by atoms with Gasteiger partial charge in [0.25, 0.3) is 5.91 Å². The third kappa shape index (κ3) is 3.68. The summed E-state index contributed by atoms with van der Waals surface area (Å²) in [5, 5.41) is 18.4. The molecule has 1 amide bonds. The fourth-order valence-electron chi connectivity index (χ4n) is 1.89. The number of hydrogen-bond donors (Lipinski definition) is 3. The van der Waals surface area contributed by atoms with E-state index in [0.29, 0.717) is 11.3 Å². The van der Waals surface area contributed by atoms with Gasteiger partial charge in [0.05, 0.1) is 6.42 Å². The summed E-state index contributed by atoms with van der Waals surface area (Å²) in [4.78, 5) is 23.0. The molecule has 0 saturated heterocycles. The number of para-hydroxylation sites is 1. The number of carbonyl (C=O) groups excluding carboxylic acids is 1. The van der Waals surface area contributed by atoms with Crippen LogP contribution in [0.3, 0.4) is 0 Å². The van der Waals surface area contributed by atoms with Gasteiger partial charge in [-0.05, 0) is 23.6 Å². The number of nitrogens with zero attached hydrogens (tertiary/aromatic N) is 1. The summed E-state index contributed by atoms with van der Waals surface area (Å²) in [5.74, 6) is -1.06. The number of carboxylic acid groups (broad SMARTS) is 1. The van der Waals surface area contributed by atoms with Crippen molar-refractivity contribution in [3.8, 4) is 0 Å². The molecule has 21 heavy (non-hydrogen) atoms. The quantitative estimate of drug-likeness (QED) is 0.787. The van der Waals surface area contributed by atoms with Crippen molar-refractivity contribution in [2.75, 3.05) is 5.32 Å². The highest BCUT2D eigenvalue weighted by Gasteiger charge is 2.14. The van der Waals surface area contributed by atoms with E-state index in [1.54, 1.807) is 30.3 Å². The van der Waals surface area contributed by atoms with Crippen LogP contribution in [0.2, 0.25) is 0 Å². The van der Waals surface area contributed by atoms with Crippen LogP contribution in [0.25, 0.3) is 0 Å². The van der Waals surface area contributed by atoms with Crippen LogP contribution >= 0.6 is 0 Å². The Morgan fingerprint density at radius 2 is 2.05 bits per heavy atom. The van der Waals surface area contributed by atoms with E-state index in [4.69, 9.17) is 5.11 Å². The third-order valence-corrected chi connectivity index (χ3v) is 3.06. The number of amides is 1. The van der Waals surface area contributed by atoms with Crippen molar-refractivity contribution >= 4 is 17.6 Å². The molecule has 0 aliphatic carbocycles. The molecule has 1 heterocycles. The van der Waals surface area contributed by atoms with Crippen molar-refractivity contribution in [2.45, 2.75) is 26.2 Å². The SMILES string of the molecule is CC(C)c1cc(C(=O)Nc2ccccc2CC(=O)O)n[nH]1. The Morgan fingerprint density at radius 3 is 2.67 bits per heavy atom. The second-order valence-electron chi connectivity index (χ2n) is 5.05. The highest BCUT2D eigenvalue weighted by atomic mass is 16.4. The number of rotatable bonds is 5. The summed E-state index contributed by atoms with van der Waals surface area (Å²) >= 11 is 0. The van der Waals surface area contributed by atoms with E-state index in [-0.39, 0.29) is 23.9 Å². The maximum atomic E-state index is 12.1. The molecule has 0 saturated carbocycles. The molecule has 2 aromatic rings. The van der Waals surface area contributed by atoms with E-state index in [1.165, 1.54) is 0 Å². The number of benzene rings is 1. The van der Waals surface area contributed by atoms with Crippen molar-refractivity contribution in [1.82, 2.24) is 10.2 Å². The van der Waals surface area contributed by atoms with Gasteiger partial charge in [-0.15, -0.1) is 0 Å². The van der Waals surface area contributed by atoms with Gasteiger partial charge in [0.2, 0.25) is 0 Å². The zero-order chi connectivity index (χ0) is 15.4. The lowest BCUT2D eigenvalue weighted by molar-refractivity contribution is -0.136. The Labute approximate surface area is 122 Å². The van der Waals surface area contributed by atoms with Crippen LogP contribution in [-0.4, -0.2) is 27.2 Å². The van der Waals surface area contributed by atoms with Crippen molar-refractivity contribution < 1.29 is 14.7 Å². The summed E-state index contributed by atoms with van der Waals surface area (Å²) in [6.45, 7) is 3.99. The second-order valence-corrected chi connectivity index (χ2v) is 5.05. The van der Waals surface area contributed by atoms with E-state index in [2.05, 4.69) is 15.5 Å². The minimum Gasteiger partial charge on any atom is -0.481 e. The van der Waals surface area contributed by atoms with Gasteiger partial charge in [0.1, 0.15) is 0 Å². The van der Waals surface area contributed by atoms with Crippen molar-refractivity contribution in [3.63, 3.8) is 0 Å². The molecule has 0 aliphatic rings. The Hall–Kier alpha value is -2.63. The van der Waals surface area contributed by atoms with Crippen molar-refractivity contribution in [2.24, 2.45) is 0 Å². The monoisotopic (exact) mass is 287 g/mol. The van der Waals surface area contributed by atoms with E-state index in [0.717, 1.165) is 5.69 Å². The molecule has 0 spiro atoms. The molecule has 2 rings (SSSR count). The van der Waals surface area contributed by atoms with Gasteiger partial charge in [-0.25, -0.2) is 0 Å². The Balaban J connectivity index is 2.17. The number of H-pyrrole nitrogens is 1. The van der Waals surface area contributed by atoms with Gasteiger partial charge < -0.3 is 10.4 Å². The number of aliphatic carboxylic acids is 1. The predicted molar refractivity (Wildman–Crippen MR) is 78.4 cm³/mol. The molecule has 1 aromatic carbocycles. The van der Waals surface area contributed by atoms with Gasteiger partial charge in [-0.1, -0.05) is 32.0 Å². The lowest BCUT2D eigenvalue weighted by atomic mass is 10.1. The maximum absolute atomic E-state index is 12.1. The van der Waals surface area contributed by atoms with Gasteiger partial charge in [-0.2, -0.15) is 5.10 Å². The highest BCUT2D eigenvalue weighted by molar-refractivity contribution is 6.03. The van der Waals surface area contributed by atoms with Crippen LogP contribution in [0.4, 0.5) is 5.69 Å². The largest absolute Gasteiger partial charge is 0.481 e. The maximum Gasteiger partial charge on any atom is 0.307 e. The molecule has 0 atom stereocenters. The van der Waals surface area contributed by atoms with Crippen LogP contribution in [-0.2, 0) is 11.2 Å². The second kappa shape index (κ2) is 6.21. The summed E-state index contributed by atoms with van der Waals surface area (Å²) in [5.41, 5.74) is 2.19. The first-order chi connectivity index (χ1) is 9.97. The summed E-state index contributed by atoms with van der Waals surface area (Å²) in [6.07, 6.45) is -0.145. The normalized spacial score (nSPS) is 10.6. The minimum absolute atomic E-state index is 0.145. The molecule has 0 unspecified atom stereocenters. The zero-order valence-electron chi connectivity index (χ0n) is 11.9. The molecule has 6 nitrogen and oxygen atoms in total.